The summed E-state index contributed by atoms with van der Waals surface area (Å²) in [4.78, 5) is 14.2. The summed E-state index contributed by atoms with van der Waals surface area (Å²) in [5.74, 6) is 0.0466. The third-order valence-corrected chi connectivity index (χ3v) is 6.51. The smallest absolute Gasteiger partial charge is 0.245 e. The molecule has 1 fully saturated rings. The minimum atomic E-state index is -3.64. The van der Waals surface area contributed by atoms with E-state index in [4.69, 9.17) is 0 Å². The largest absolute Gasteiger partial charge is 0.340 e. The van der Waals surface area contributed by atoms with Crippen molar-refractivity contribution >= 4 is 38.7 Å². The highest BCUT2D eigenvalue weighted by atomic mass is 32.2. The van der Waals surface area contributed by atoms with Gasteiger partial charge in [0.05, 0.1) is 11.7 Å². The second-order valence-electron chi connectivity index (χ2n) is 6.83. The van der Waals surface area contributed by atoms with E-state index in [0.29, 0.717) is 24.1 Å². The van der Waals surface area contributed by atoms with Gasteiger partial charge < -0.3 is 4.90 Å². The van der Waals surface area contributed by atoms with E-state index in [1.165, 1.54) is 4.31 Å². The Morgan fingerprint density at radius 1 is 1.12 bits per heavy atom. The molecule has 0 saturated carbocycles. The van der Waals surface area contributed by atoms with Gasteiger partial charge >= 0.3 is 0 Å². The Balaban J connectivity index is 1.81. The third-order valence-electron chi connectivity index (χ3n) is 4.03. The predicted molar refractivity (Wildman–Crippen MR) is 92.2 cm³/mol. The Kier molecular flexibility index (Phi) is 4.35. The van der Waals surface area contributed by atoms with Gasteiger partial charge in [-0.2, -0.15) is 13.1 Å². The minimum Gasteiger partial charge on any atom is -0.340 e. The highest BCUT2D eigenvalue weighted by Gasteiger charge is 2.34. The number of hydrogen-bond donors (Lipinski definition) is 0. The predicted octanol–water partition coefficient (Wildman–Crippen LogP) is 1.57. The molecule has 1 aliphatic rings. The summed E-state index contributed by atoms with van der Waals surface area (Å²) in [6, 6.07) is 4.99. The zero-order chi connectivity index (χ0) is 17.5. The van der Waals surface area contributed by atoms with Crippen molar-refractivity contribution in [1.29, 1.82) is 0 Å². The SMILES string of the molecule is CC(C)(C)C(=O)N1CCN(S(=O)(=O)c2cccc3nsnc23)CC1. The fraction of sp³-hybridized carbons (Fsp3) is 0.533. The Labute approximate surface area is 145 Å². The first-order valence-corrected chi connectivity index (χ1v) is 9.89. The van der Waals surface area contributed by atoms with Gasteiger partial charge in [-0.1, -0.05) is 26.8 Å². The van der Waals surface area contributed by atoms with E-state index in [0.717, 1.165) is 11.7 Å². The Bertz CT molecular complexity index is 862. The van der Waals surface area contributed by atoms with Gasteiger partial charge in [0.25, 0.3) is 0 Å². The molecule has 0 spiro atoms. The average molecular weight is 368 g/mol. The number of sulfonamides is 1. The molecule has 1 amide bonds. The van der Waals surface area contributed by atoms with E-state index in [9.17, 15) is 13.2 Å². The maximum atomic E-state index is 12.9. The Hall–Kier alpha value is -1.58. The molecule has 2 aromatic rings. The Morgan fingerprint density at radius 2 is 1.79 bits per heavy atom. The van der Waals surface area contributed by atoms with Crippen LogP contribution < -0.4 is 0 Å². The molecule has 1 aromatic carbocycles. The normalized spacial score (nSPS) is 17.4. The third kappa shape index (κ3) is 3.03. The highest BCUT2D eigenvalue weighted by molar-refractivity contribution is 7.89. The number of fused-ring (bicyclic) bond motifs is 1. The molecular formula is C15H20N4O3S2. The van der Waals surface area contributed by atoms with Crippen LogP contribution in [0, 0.1) is 5.41 Å². The first-order valence-electron chi connectivity index (χ1n) is 7.72. The molecule has 0 radical (unpaired) electrons. The van der Waals surface area contributed by atoms with Crippen LogP contribution in [0.15, 0.2) is 23.1 Å². The average Bonchev–Trinajstić information content (AvgIpc) is 3.01. The van der Waals surface area contributed by atoms with Crippen LogP contribution in [-0.4, -0.2) is 58.5 Å². The summed E-state index contributed by atoms with van der Waals surface area (Å²) in [5, 5.41) is 0. The zero-order valence-corrected chi connectivity index (χ0v) is 15.5. The lowest BCUT2D eigenvalue weighted by Gasteiger charge is -2.37. The van der Waals surface area contributed by atoms with E-state index in [-0.39, 0.29) is 23.9 Å². The van der Waals surface area contributed by atoms with Crippen LogP contribution in [0.2, 0.25) is 0 Å². The molecule has 7 nitrogen and oxygen atoms in total. The molecule has 0 N–H and O–H groups in total. The first-order chi connectivity index (χ1) is 11.2. The van der Waals surface area contributed by atoms with Crippen LogP contribution in [0.1, 0.15) is 20.8 Å². The van der Waals surface area contributed by atoms with Crippen LogP contribution in [-0.2, 0) is 14.8 Å². The molecule has 0 aliphatic carbocycles. The molecule has 3 rings (SSSR count). The van der Waals surface area contributed by atoms with Crippen molar-refractivity contribution < 1.29 is 13.2 Å². The van der Waals surface area contributed by atoms with Crippen LogP contribution in [0.5, 0.6) is 0 Å². The number of hydrogen-bond acceptors (Lipinski definition) is 6. The fourth-order valence-electron chi connectivity index (χ4n) is 2.73. The second kappa shape index (κ2) is 6.05. The van der Waals surface area contributed by atoms with Crippen molar-refractivity contribution in [2.45, 2.75) is 25.7 Å². The standard InChI is InChI=1S/C15H20N4O3S2/c1-15(2,3)14(20)18-7-9-19(10-8-18)24(21,22)12-6-4-5-11-13(12)17-23-16-11/h4-6H,7-10H2,1-3H3. The van der Waals surface area contributed by atoms with Gasteiger partial charge in [-0.25, -0.2) is 8.42 Å². The lowest BCUT2D eigenvalue weighted by atomic mass is 9.94. The van der Waals surface area contributed by atoms with Gasteiger partial charge in [0, 0.05) is 31.6 Å². The molecule has 0 atom stereocenters. The lowest BCUT2D eigenvalue weighted by molar-refractivity contribution is -0.140. The molecule has 1 saturated heterocycles. The molecule has 1 aromatic heterocycles. The topological polar surface area (TPSA) is 83.5 Å². The van der Waals surface area contributed by atoms with E-state index in [2.05, 4.69) is 8.75 Å². The fourth-order valence-corrected chi connectivity index (χ4v) is 4.91. The molecule has 0 unspecified atom stereocenters. The van der Waals surface area contributed by atoms with Crippen molar-refractivity contribution in [2.24, 2.45) is 5.41 Å². The molecule has 1 aliphatic heterocycles. The summed E-state index contributed by atoms with van der Waals surface area (Å²) < 4.78 is 35.5. The van der Waals surface area contributed by atoms with Crippen LogP contribution in [0.25, 0.3) is 11.0 Å². The summed E-state index contributed by atoms with van der Waals surface area (Å²) in [6.45, 7) is 6.99. The summed E-state index contributed by atoms with van der Waals surface area (Å²) in [6.07, 6.45) is 0. The van der Waals surface area contributed by atoms with Crippen LogP contribution >= 0.6 is 11.7 Å². The van der Waals surface area contributed by atoms with E-state index in [1.54, 1.807) is 23.1 Å². The number of carbonyl (C=O) groups is 1. The van der Waals surface area contributed by atoms with Gasteiger partial charge in [0.2, 0.25) is 15.9 Å². The zero-order valence-electron chi connectivity index (χ0n) is 13.9. The van der Waals surface area contributed by atoms with Gasteiger partial charge in [-0.3, -0.25) is 4.79 Å². The molecule has 2 heterocycles. The monoisotopic (exact) mass is 368 g/mol. The van der Waals surface area contributed by atoms with E-state index >= 15 is 0 Å². The number of aromatic nitrogens is 2. The number of nitrogens with zero attached hydrogens (tertiary/aromatic N) is 4. The van der Waals surface area contributed by atoms with Gasteiger partial charge in [0.15, 0.2) is 0 Å². The Morgan fingerprint density at radius 3 is 2.42 bits per heavy atom. The van der Waals surface area contributed by atoms with E-state index < -0.39 is 15.4 Å². The maximum Gasteiger partial charge on any atom is 0.245 e. The quantitative estimate of drug-likeness (QED) is 0.803. The van der Waals surface area contributed by atoms with Crippen molar-refractivity contribution in [3.05, 3.63) is 18.2 Å². The maximum absolute atomic E-state index is 12.9. The molecule has 130 valence electrons. The summed E-state index contributed by atoms with van der Waals surface area (Å²) in [5.41, 5.74) is 0.539. The van der Waals surface area contributed by atoms with Crippen LogP contribution in [0.4, 0.5) is 0 Å². The molecule has 9 heteroatoms. The molecular weight excluding hydrogens is 348 g/mol. The van der Waals surface area contributed by atoms with Gasteiger partial charge in [0.1, 0.15) is 15.9 Å². The van der Waals surface area contributed by atoms with E-state index in [1.807, 2.05) is 20.8 Å². The number of benzene rings is 1. The number of rotatable bonds is 2. The minimum absolute atomic E-state index is 0.0466. The number of piperazine rings is 1. The van der Waals surface area contributed by atoms with Crippen LogP contribution in [0.3, 0.4) is 0 Å². The van der Waals surface area contributed by atoms with Crippen molar-refractivity contribution in [2.75, 3.05) is 26.2 Å². The molecule has 24 heavy (non-hydrogen) atoms. The highest BCUT2D eigenvalue weighted by Crippen LogP contribution is 2.26. The number of carbonyl (C=O) groups excluding carboxylic acids is 1. The van der Waals surface area contributed by atoms with Crippen molar-refractivity contribution in [3.63, 3.8) is 0 Å². The summed E-state index contributed by atoms with van der Waals surface area (Å²) in [7, 11) is -3.64. The summed E-state index contributed by atoms with van der Waals surface area (Å²) >= 11 is 1.00. The van der Waals surface area contributed by atoms with Crippen molar-refractivity contribution in [1.82, 2.24) is 18.0 Å². The first kappa shape index (κ1) is 17.2. The second-order valence-corrected chi connectivity index (χ2v) is 9.27. The van der Waals surface area contributed by atoms with Crippen molar-refractivity contribution in [3.8, 4) is 0 Å². The lowest BCUT2D eigenvalue weighted by Crippen LogP contribution is -2.52. The van der Waals surface area contributed by atoms with Gasteiger partial charge in [-0.05, 0) is 12.1 Å². The van der Waals surface area contributed by atoms with Gasteiger partial charge in [-0.15, -0.1) is 0 Å². The number of amides is 1. The molecule has 0 bridgehead atoms.